The van der Waals surface area contributed by atoms with E-state index in [9.17, 15) is 22.0 Å². The van der Waals surface area contributed by atoms with Gasteiger partial charge in [-0.25, -0.2) is 17.2 Å². The Hall–Kier alpha value is -0.840. The molecule has 0 spiro atoms. The molecule has 1 unspecified atom stereocenters. The number of nitrogens with zero attached hydrogens (tertiary/aromatic N) is 2. The molecule has 2 heterocycles. The van der Waals surface area contributed by atoms with Gasteiger partial charge in [0.2, 0.25) is 15.9 Å². The van der Waals surface area contributed by atoms with Crippen molar-refractivity contribution in [3.8, 4) is 0 Å². The highest BCUT2D eigenvalue weighted by Gasteiger charge is 2.43. The van der Waals surface area contributed by atoms with E-state index >= 15 is 0 Å². The number of carbonyl (C=O) groups excluding carboxylic acids is 1. The Morgan fingerprint density at radius 3 is 2.38 bits per heavy atom. The number of sulfonamides is 1. The minimum atomic E-state index is -4.42. The Balaban J connectivity index is 1.90. The lowest BCUT2D eigenvalue weighted by molar-refractivity contribution is -0.133. The summed E-state index contributed by atoms with van der Waals surface area (Å²) in [7, 11) is -4.42. The monoisotopic (exact) mass is 394 g/mol. The van der Waals surface area contributed by atoms with Crippen LogP contribution in [0.25, 0.3) is 0 Å². The predicted octanol–water partition coefficient (Wildman–Crippen LogP) is 1.60. The fourth-order valence-electron chi connectivity index (χ4n) is 2.70. The summed E-state index contributed by atoms with van der Waals surface area (Å²) < 4.78 is 54.2. The van der Waals surface area contributed by atoms with Gasteiger partial charge in [0.1, 0.15) is 17.7 Å². The fourth-order valence-corrected chi connectivity index (χ4v) is 6.85. The maximum absolute atomic E-state index is 13.9. The van der Waals surface area contributed by atoms with E-state index in [0.29, 0.717) is 13.1 Å². The standard InChI is InChI=1S/C14H16F2N2O3S3/c15-10-2-1-3-11(16)13(10)24(20,21)18-9-23-8-12(18)14(19)17-4-6-22-7-5-17/h1-3,12H,4-9H2. The molecule has 1 atom stereocenters. The van der Waals surface area contributed by atoms with Gasteiger partial charge in [0, 0.05) is 30.3 Å². The zero-order valence-electron chi connectivity index (χ0n) is 12.7. The van der Waals surface area contributed by atoms with E-state index in [1.807, 2.05) is 0 Å². The number of benzene rings is 1. The van der Waals surface area contributed by atoms with Crippen molar-refractivity contribution in [2.75, 3.05) is 36.2 Å². The second-order valence-corrected chi connectivity index (χ2v) is 9.45. The molecule has 0 aliphatic carbocycles. The molecule has 0 N–H and O–H groups in total. The lowest BCUT2D eigenvalue weighted by atomic mass is 10.3. The summed E-state index contributed by atoms with van der Waals surface area (Å²) in [5, 5.41) is 0. The van der Waals surface area contributed by atoms with Gasteiger partial charge in [-0.05, 0) is 12.1 Å². The van der Waals surface area contributed by atoms with Gasteiger partial charge in [0.05, 0.1) is 5.88 Å². The van der Waals surface area contributed by atoms with Crippen molar-refractivity contribution in [2.45, 2.75) is 10.9 Å². The molecule has 0 radical (unpaired) electrons. The van der Waals surface area contributed by atoms with Crippen LogP contribution in [0.15, 0.2) is 23.1 Å². The topological polar surface area (TPSA) is 57.7 Å². The van der Waals surface area contributed by atoms with E-state index in [-0.39, 0.29) is 17.5 Å². The van der Waals surface area contributed by atoms with Gasteiger partial charge in [0.25, 0.3) is 0 Å². The van der Waals surface area contributed by atoms with Crippen molar-refractivity contribution >= 4 is 39.5 Å². The van der Waals surface area contributed by atoms with Gasteiger partial charge >= 0.3 is 0 Å². The number of thioether (sulfide) groups is 2. The van der Waals surface area contributed by atoms with Gasteiger partial charge in [0.15, 0.2) is 4.90 Å². The summed E-state index contributed by atoms with van der Waals surface area (Å²) in [5.41, 5.74) is 0. The predicted molar refractivity (Wildman–Crippen MR) is 90.4 cm³/mol. The molecule has 132 valence electrons. The van der Waals surface area contributed by atoms with E-state index in [0.717, 1.165) is 34.0 Å². The maximum Gasteiger partial charge on any atom is 0.250 e. The molecule has 2 aliphatic heterocycles. The molecule has 24 heavy (non-hydrogen) atoms. The minimum Gasteiger partial charge on any atom is -0.340 e. The third kappa shape index (κ3) is 3.29. The second-order valence-electron chi connectivity index (χ2n) is 5.40. The number of hydrogen-bond acceptors (Lipinski definition) is 5. The van der Waals surface area contributed by atoms with E-state index in [2.05, 4.69) is 0 Å². The summed E-state index contributed by atoms with van der Waals surface area (Å²) in [4.78, 5) is 13.3. The molecule has 0 bridgehead atoms. The number of rotatable bonds is 3. The smallest absolute Gasteiger partial charge is 0.250 e. The van der Waals surface area contributed by atoms with Crippen molar-refractivity contribution in [2.24, 2.45) is 0 Å². The highest BCUT2D eigenvalue weighted by Crippen LogP contribution is 2.32. The number of halogens is 2. The lowest BCUT2D eigenvalue weighted by Crippen LogP contribution is -2.51. The molecule has 3 rings (SSSR count). The molecule has 1 aromatic carbocycles. The highest BCUT2D eigenvalue weighted by atomic mass is 32.2. The van der Waals surface area contributed by atoms with Crippen LogP contribution in [0.2, 0.25) is 0 Å². The van der Waals surface area contributed by atoms with Crippen LogP contribution in [-0.2, 0) is 14.8 Å². The molecule has 10 heteroatoms. The van der Waals surface area contributed by atoms with Gasteiger partial charge in [-0.3, -0.25) is 4.79 Å². The largest absolute Gasteiger partial charge is 0.340 e. The van der Waals surface area contributed by atoms with Gasteiger partial charge < -0.3 is 4.90 Å². The quantitative estimate of drug-likeness (QED) is 0.780. The van der Waals surface area contributed by atoms with Crippen molar-refractivity contribution in [3.05, 3.63) is 29.8 Å². The first kappa shape index (κ1) is 18.0. The average molecular weight is 394 g/mol. The van der Waals surface area contributed by atoms with Crippen LogP contribution in [0.1, 0.15) is 0 Å². The van der Waals surface area contributed by atoms with Gasteiger partial charge in [-0.15, -0.1) is 11.8 Å². The number of amides is 1. The Bertz CT molecular complexity index is 719. The summed E-state index contributed by atoms with van der Waals surface area (Å²) in [5.74, 6) is -0.673. The molecule has 0 saturated carbocycles. The van der Waals surface area contributed by atoms with Crippen LogP contribution in [0, 0.1) is 11.6 Å². The average Bonchev–Trinajstić information content (AvgIpc) is 3.05. The van der Waals surface area contributed by atoms with Crippen molar-refractivity contribution in [1.82, 2.24) is 9.21 Å². The first-order valence-electron chi connectivity index (χ1n) is 7.33. The summed E-state index contributed by atoms with van der Waals surface area (Å²) in [6.45, 7) is 1.12. The summed E-state index contributed by atoms with van der Waals surface area (Å²) >= 11 is 3.00. The van der Waals surface area contributed by atoms with E-state index in [4.69, 9.17) is 0 Å². The highest BCUT2D eigenvalue weighted by molar-refractivity contribution is 8.00. The molecule has 2 aliphatic rings. The third-order valence-electron chi connectivity index (χ3n) is 3.94. The minimum absolute atomic E-state index is 0.00903. The third-order valence-corrected chi connectivity index (χ3v) is 7.96. The van der Waals surface area contributed by atoms with E-state index in [1.165, 1.54) is 11.8 Å². The van der Waals surface area contributed by atoms with Crippen molar-refractivity contribution in [1.29, 1.82) is 0 Å². The second kappa shape index (κ2) is 7.19. The molecule has 1 aromatic rings. The van der Waals surface area contributed by atoms with E-state index in [1.54, 1.807) is 16.7 Å². The zero-order valence-corrected chi connectivity index (χ0v) is 15.1. The van der Waals surface area contributed by atoms with Crippen LogP contribution in [0.4, 0.5) is 8.78 Å². The van der Waals surface area contributed by atoms with Crippen LogP contribution in [0.5, 0.6) is 0 Å². The molecular weight excluding hydrogens is 378 g/mol. The normalized spacial score (nSPS) is 22.8. The molecule has 5 nitrogen and oxygen atoms in total. The lowest BCUT2D eigenvalue weighted by Gasteiger charge is -2.31. The number of carbonyl (C=O) groups is 1. The molecule has 2 fully saturated rings. The molecular formula is C14H16F2N2O3S3. The van der Waals surface area contributed by atoms with Gasteiger partial charge in [-0.1, -0.05) is 6.07 Å². The Morgan fingerprint density at radius 1 is 1.12 bits per heavy atom. The first-order valence-corrected chi connectivity index (χ1v) is 11.1. The molecule has 2 saturated heterocycles. The number of hydrogen-bond donors (Lipinski definition) is 0. The van der Waals surface area contributed by atoms with E-state index < -0.39 is 32.6 Å². The summed E-state index contributed by atoms with van der Waals surface area (Å²) in [6, 6.07) is 1.99. The van der Waals surface area contributed by atoms with Gasteiger partial charge in [-0.2, -0.15) is 16.1 Å². The van der Waals surface area contributed by atoms with Crippen molar-refractivity contribution < 1.29 is 22.0 Å². The molecule has 0 aromatic heterocycles. The molecule has 1 amide bonds. The van der Waals surface area contributed by atoms with Crippen LogP contribution in [-0.4, -0.2) is 65.8 Å². The Labute approximate surface area is 147 Å². The fraction of sp³-hybridized carbons (Fsp3) is 0.500. The van der Waals surface area contributed by atoms with Crippen LogP contribution in [0.3, 0.4) is 0 Å². The van der Waals surface area contributed by atoms with Crippen LogP contribution >= 0.6 is 23.5 Å². The van der Waals surface area contributed by atoms with Crippen molar-refractivity contribution in [3.63, 3.8) is 0 Å². The SMILES string of the molecule is O=C(C1CSCN1S(=O)(=O)c1c(F)cccc1F)N1CCSCC1. The zero-order chi connectivity index (χ0) is 17.3. The first-order chi connectivity index (χ1) is 11.4. The summed E-state index contributed by atoms with van der Waals surface area (Å²) in [6.07, 6.45) is 0. The maximum atomic E-state index is 13.9. The van der Waals surface area contributed by atoms with Crippen LogP contribution < -0.4 is 0 Å². The Morgan fingerprint density at radius 2 is 1.75 bits per heavy atom. The Kier molecular flexibility index (Phi) is 5.38.